The second kappa shape index (κ2) is 6.16. The molecule has 0 aliphatic rings. The van der Waals surface area contributed by atoms with Crippen molar-refractivity contribution in [3.05, 3.63) is 11.9 Å². The minimum atomic E-state index is -0.543. The van der Waals surface area contributed by atoms with E-state index in [1.165, 1.54) is 7.11 Å². The summed E-state index contributed by atoms with van der Waals surface area (Å²) in [6, 6.07) is 0. The summed E-state index contributed by atoms with van der Waals surface area (Å²) in [6.07, 6.45) is 1.84. The van der Waals surface area contributed by atoms with Gasteiger partial charge in [-0.25, -0.2) is 0 Å². The van der Waals surface area contributed by atoms with Gasteiger partial charge in [-0.2, -0.15) is 5.10 Å². The molecule has 19 heavy (non-hydrogen) atoms. The van der Waals surface area contributed by atoms with E-state index >= 15 is 0 Å². The van der Waals surface area contributed by atoms with E-state index in [1.54, 1.807) is 10.9 Å². The Morgan fingerprint density at radius 3 is 2.63 bits per heavy atom. The Morgan fingerprint density at radius 2 is 2.16 bits per heavy atom. The lowest BCUT2D eigenvalue weighted by Crippen LogP contribution is -2.35. The number of carbonyl (C=O) groups is 1. The fourth-order valence-corrected chi connectivity index (χ4v) is 1.76. The number of carbonyl (C=O) groups excluding carboxylic acids is 1. The van der Waals surface area contributed by atoms with E-state index in [9.17, 15) is 4.79 Å². The molecule has 6 nitrogen and oxygen atoms in total. The molecule has 0 bridgehead atoms. The monoisotopic (exact) mass is 268 g/mol. The minimum Gasteiger partial charge on any atom is -0.493 e. The summed E-state index contributed by atoms with van der Waals surface area (Å²) in [5, 5.41) is 4.21. The van der Waals surface area contributed by atoms with Crippen molar-refractivity contribution in [2.45, 2.75) is 32.4 Å². The van der Waals surface area contributed by atoms with Crippen molar-refractivity contribution in [2.75, 3.05) is 27.7 Å². The fourth-order valence-electron chi connectivity index (χ4n) is 1.76. The van der Waals surface area contributed by atoms with Crippen LogP contribution < -0.4 is 10.5 Å². The first-order valence-corrected chi connectivity index (χ1v) is 6.31. The number of hydrogen-bond acceptors (Lipinski definition) is 5. The van der Waals surface area contributed by atoms with Crippen LogP contribution in [-0.2, 0) is 6.54 Å². The molecule has 1 aromatic heterocycles. The lowest BCUT2D eigenvalue weighted by atomic mass is 9.97. The predicted molar refractivity (Wildman–Crippen MR) is 74.5 cm³/mol. The molecule has 0 saturated heterocycles. The quantitative estimate of drug-likeness (QED) is 0.739. The molecule has 0 fully saturated rings. The molecular weight excluding hydrogens is 244 g/mol. The number of aromatic nitrogens is 2. The zero-order valence-electron chi connectivity index (χ0n) is 12.4. The Balaban J connectivity index is 2.95. The molecule has 6 heteroatoms. The van der Waals surface area contributed by atoms with Gasteiger partial charge in [-0.1, -0.05) is 0 Å². The largest absolute Gasteiger partial charge is 0.493 e. The average molecular weight is 268 g/mol. The van der Waals surface area contributed by atoms with Crippen LogP contribution in [0.5, 0.6) is 5.75 Å². The number of nitrogens with zero attached hydrogens (tertiary/aromatic N) is 3. The van der Waals surface area contributed by atoms with Crippen LogP contribution in [0.4, 0.5) is 0 Å². The highest BCUT2D eigenvalue weighted by Gasteiger charge is 2.24. The van der Waals surface area contributed by atoms with Crippen molar-refractivity contribution in [2.24, 2.45) is 5.73 Å². The number of hydrogen-bond donors (Lipinski definition) is 1. The maximum absolute atomic E-state index is 12.3. The first-order valence-electron chi connectivity index (χ1n) is 6.31. The van der Waals surface area contributed by atoms with Crippen LogP contribution in [-0.4, -0.2) is 53.8 Å². The zero-order chi connectivity index (χ0) is 14.6. The molecule has 0 radical (unpaired) electrons. The van der Waals surface area contributed by atoms with Crippen molar-refractivity contribution < 1.29 is 9.53 Å². The van der Waals surface area contributed by atoms with Gasteiger partial charge < -0.3 is 15.4 Å². The van der Waals surface area contributed by atoms with E-state index in [2.05, 4.69) is 5.10 Å². The summed E-state index contributed by atoms with van der Waals surface area (Å²) in [5.41, 5.74) is 5.87. The van der Waals surface area contributed by atoms with Crippen LogP contribution in [0, 0.1) is 0 Å². The SMILES string of the molecule is COc1cnn(CCN(C)C)c1C(=O)CC(C)(C)N. The lowest BCUT2D eigenvalue weighted by molar-refractivity contribution is 0.0945. The van der Waals surface area contributed by atoms with E-state index in [0.29, 0.717) is 18.0 Å². The third kappa shape index (κ3) is 4.65. The molecule has 1 aromatic rings. The number of nitrogens with two attached hydrogens (primary N) is 1. The predicted octanol–water partition coefficient (Wildman–Crippen LogP) is 0.763. The topological polar surface area (TPSA) is 73.4 Å². The van der Waals surface area contributed by atoms with Crippen LogP contribution in [0.25, 0.3) is 0 Å². The molecule has 0 aliphatic heterocycles. The highest BCUT2D eigenvalue weighted by atomic mass is 16.5. The third-order valence-electron chi connectivity index (χ3n) is 2.67. The number of ether oxygens (including phenoxy) is 1. The van der Waals surface area contributed by atoms with Crippen molar-refractivity contribution in [3.63, 3.8) is 0 Å². The Kier molecular flexibility index (Phi) is 5.08. The van der Waals surface area contributed by atoms with Gasteiger partial charge in [0.2, 0.25) is 0 Å². The fraction of sp³-hybridized carbons (Fsp3) is 0.692. The van der Waals surface area contributed by atoms with Crippen molar-refractivity contribution in [1.82, 2.24) is 14.7 Å². The molecule has 0 unspecified atom stereocenters. The highest BCUT2D eigenvalue weighted by molar-refractivity contribution is 5.97. The first kappa shape index (κ1) is 15.7. The minimum absolute atomic E-state index is 0.0411. The van der Waals surface area contributed by atoms with Crippen LogP contribution >= 0.6 is 0 Å². The second-order valence-electron chi connectivity index (χ2n) is 5.68. The summed E-state index contributed by atoms with van der Waals surface area (Å²) >= 11 is 0. The van der Waals surface area contributed by atoms with Crippen molar-refractivity contribution >= 4 is 5.78 Å². The van der Waals surface area contributed by atoms with Gasteiger partial charge in [0.25, 0.3) is 0 Å². The van der Waals surface area contributed by atoms with Crippen molar-refractivity contribution in [1.29, 1.82) is 0 Å². The molecule has 2 N–H and O–H groups in total. The van der Waals surface area contributed by atoms with Gasteiger partial charge in [-0.15, -0.1) is 0 Å². The summed E-state index contributed by atoms with van der Waals surface area (Å²) < 4.78 is 6.90. The third-order valence-corrected chi connectivity index (χ3v) is 2.67. The lowest BCUT2D eigenvalue weighted by Gasteiger charge is -2.18. The summed E-state index contributed by atoms with van der Waals surface area (Å²) in [4.78, 5) is 14.4. The maximum atomic E-state index is 12.3. The molecule has 108 valence electrons. The molecule has 0 aromatic carbocycles. The van der Waals surface area contributed by atoms with E-state index in [4.69, 9.17) is 10.5 Å². The van der Waals surface area contributed by atoms with Gasteiger partial charge in [0.15, 0.2) is 11.5 Å². The highest BCUT2D eigenvalue weighted by Crippen LogP contribution is 2.21. The van der Waals surface area contributed by atoms with Crippen LogP contribution in [0.2, 0.25) is 0 Å². The molecule has 1 rings (SSSR count). The van der Waals surface area contributed by atoms with Gasteiger partial charge in [0.1, 0.15) is 5.69 Å². The Hall–Kier alpha value is -1.40. The Morgan fingerprint density at radius 1 is 1.53 bits per heavy atom. The number of rotatable bonds is 7. The van der Waals surface area contributed by atoms with Crippen LogP contribution in [0.15, 0.2) is 6.20 Å². The standard InChI is InChI=1S/C13H24N4O2/c1-13(2,14)8-10(18)12-11(19-5)9-15-17(12)7-6-16(3)4/h9H,6-8,14H2,1-5H3. The van der Waals surface area contributed by atoms with E-state index in [-0.39, 0.29) is 12.2 Å². The van der Waals surface area contributed by atoms with Crippen LogP contribution in [0.3, 0.4) is 0 Å². The second-order valence-corrected chi connectivity index (χ2v) is 5.68. The number of ketones is 1. The molecule has 0 saturated carbocycles. The Labute approximate surface area is 114 Å². The molecule has 1 heterocycles. The molecule has 0 aliphatic carbocycles. The van der Waals surface area contributed by atoms with Crippen LogP contribution in [0.1, 0.15) is 30.8 Å². The molecule has 0 atom stereocenters. The average Bonchev–Trinajstić information content (AvgIpc) is 2.66. The van der Waals surface area contributed by atoms with Gasteiger partial charge in [-0.3, -0.25) is 9.48 Å². The smallest absolute Gasteiger partial charge is 0.186 e. The number of Topliss-reactive ketones (excluding diaryl/α,β-unsaturated/α-hetero) is 1. The van der Waals surface area contributed by atoms with Gasteiger partial charge in [0.05, 0.1) is 19.9 Å². The first-order chi connectivity index (χ1) is 8.74. The normalized spacial score (nSPS) is 11.9. The summed E-state index contributed by atoms with van der Waals surface area (Å²) in [7, 11) is 5.49. The van der Waals surface area contributed by atoms with Crippen molar-refractivity contribution in [3.8, 4) is 5.75 Å². The van der Waals surface area contributed by atoms with Gasteiger partial charge in [0, 0.05) is 18.5 Å². The maximum Gasteiger partial charge on any atom is 0.186 e. The molecule has 0 spiro atoms. The molecular formula is C13H24N4O2. The molecule has 0 amide bonds. The summed E-state index contributed by atoms with van der Waals surface area (Å²) in [6.45, 7) is 5.11. The van der Waals surface area contributed by atoms with E-state index in [0.717, 1.165) is 6.54 Å². The summed E-state index contributed by atoms with van der Waals surface area (Å²) in [5.74, 6) is 0.466. The number of likely N-dealkylation sites (N-methyl/N-ethyl adjacent to an activating group) is 1. The number of methoxy groups -OCH3 is 1. The Bertz CT molecular complexity index is 432. The van der Waals surface area contributed by atoms with Gasteiger partial charge in [-0.05, 0) is 27.9 Å². The van der Waals surface area contributed by atoms with E-state index < -0.39 is 5.54 Å². The van der Waals surface area contributed by atoms with E-state index in [1.807, 2.05) is 32.8 Å². The van der Waals surface area contributed by atoms with Gasteiger partial charge >= 0.3 is 0 Å². The zero-order valence-corrected chi connectivity index (χ0v) is 12.4.